The van der Waals surface area contributed by atoms with Gasteiger partial charge in [0.05, 0.1) is 11.9 Å². The molecule has 14 heavy (non-hydrogen) atoms. The van der Waals surface area contributed by atoms with Crippen molar-refractivity contribution in [3.05, 3.63) is 36.5 Å². The average Bonchev–Trinajstić information content (AvgIpc) is 2.47. The lowest BCUT2D eigenvalue weighted by molar-refractivity contribution is 0.456. The zero-order valence-electron chi connectivity index (χ0n) is 7.38. The van der Waals surface area contributed by atoms with Crippen LogP contribution in [0, 0.1) is 0 Å². The van der Waals surface area contributed by atoms with Gasteiger partial charge in [0.15, 0.2) is 0 Å². The molecule has 1 aromatic heterocycles. The van der Waals surface area contributed by atoms with E-state index in [0.29, 0.717) is 0 Å². The Bertz CT molecular complexity index is 424. The molecule has 5 heteroatoms. The van der Waals surface area contributed by atoms with E-state index in [4.69, 9.17) is 10.8 Å². The summed E-state index contributed by atoms with van der Waals surface area (Å²) in [4.78, 5) is 3.64. The summed E-state index contributed by atoms with van der Waals surface area (Å²) >= 11 is 0. The van der Waals surface area contributed by atoms with Crippen LogP contribution in [0.3, 0.4) is 0 Å². The minimum Gasteiger partial charge on any atom is -0.492 e. The van der Waals surface area contributed by atoms with Gasteiger partial charge >= 0.3 is 0 Å². The number of aromatic nitrogens is 2. The molecule has 4 N–H and O–H groups in total. The van der Waals surface area contributed by atoms with Crippen LogP contribution in [0.4, 0.5) is 11.6 Å². The smallest absolute Gasteiger partial charge is 0.233 e. The molecule has 0 amide bonds. The highest BCUT2D eigenvalue weighted by atomic mass is 16.3. The van der Waals surface area contributed by atoms with Crippen LogP contribution >= 0.6 is 0 Å². The first-order valence-electron chi connectivity index (χ1n) is 4.11. The van der Waals surface area contributed by atoms with Crippen molar-refractivity contribution in [1.29, 1.82) is 0 Å². The molecular weight excluding hydrogens is 180 g/mol. The van der Waals surface area contributed by atoms with Gasteiger partial charge in [-0.05, 0) is 12.1 Å². The van der Waals surface area contributed by atoms with E-state index < -0.39 is 0 Å². The Morgan fingerprint density at radius 3 is 2.57 bits per heavy atom. The number of imidazole rings is 1. The maximum absolute atomic E-state index is 9.06. The molecule has 2 aromatic rings. The van der Waals surface area contributed by atoms with Gasteiger partial charge < -0.3 is 10.8 Å². The Morgan fingerprint density at radius 1 is 1.29 bits per heavy atom. The molecule has 0 unspecified atom stereocenters. The number of hydrogen-bond acceptors (Lipinski definition) is 4. The predicted octanol–water partition coefficient (Wildman–Crippen LogP) is 1.05. The minimum atomic E-state index is -0.106. The number of nitrogens with two attached hydrogens (primary N) is 1. The number of anilines is 2. The van der Waals surface area contributed by atoms with Gasteiger partial charge in [0, 0.05) is 0 Å². The van der Waals surface area contributed by atoms with Gasteiger partial charge in [0.25, 0.3) is 0 Å². The van der Waals surface area contributed by atoms with Crippen molar-refractivity contribution in [2.75, 3.05) is 11.2 Å². The molecule has 0 radical (unpaired) electrons. The average molecular weight is 190 g/mol. The van der Waals surface area contributed by atoms with E-state index in [9.17, 15) is 0 Å². The monoisotopic (exact) mass is 190 g/mol. The highest BCUT2D eigenvalue weighted by Crippen LogP contribution is 2.12. The molecule has 72 valence electrons. The topological polar surface area (TPSA) is 76.1 Å². The first kappa shape index (κ1) is 8.43. The molecule has 0 spiro atoms. The van der Waals surface area contributed by atoms with E-state index in [1.165, 1.54) is 10.9 Å². The lowest BCUT2D eigenvalue weighted by Crippen LogP contribution is -2.10. The molecule has 0 saturated carbocycles. The third-order valence-electron chi connectivity index (χ3n) is 1.74. The van der Waals surface area contributed by atoms with Crippen LogP contribution in [-0.2, 0) is 0 Å². The van der Waals surface area contributed by atoms with E-state index in [0.717, 1.165) is 5.69 Å². The molecule has 5 nitrogen and oxygen atoms in total. The molecule has 0 saturated heterocycles. The minimum absolute atomic E-state index is 0.106. The SMILES string of the molecule is Nc1nc(O)cn1Nc1ccccc1. The van der Waals surface area contributed by atoms with Gasteiger partial charge in [0.2, 0.25) is 11.8 Å². The lowest BCUT2D eigenvalue weighted by atomic mass is 10.3. The summed E-state index contributed by atoms with van der Waals surface area (Å²) in [6.45, 7) is 0. The fraction of sp³-hybridized carbons (Fsp3) is 0. The number of nitrogen functional groups attached to an aromatic ring is 1. The molecule has 0 fully saturated rings. The number of aromatic hydroxyl groups is 1. The second-order valence-electron chi connectivity index (χ2n) is 2.81. The van der Waals surface area contributed by atoms with Crippen LogP contribution in [0.2, 0.25) is 0 Å². The van der Waals surface area contributed by atoms with Crippen LogP contribution < -0.4 is 11.2 Å². The molecule has 0 bridgehead atoms. The lowest BCUT2D eigenvalue weighted by Gasteiger charge is -2.06. The van der Waals surface area contributed by atoms with Gasteiger partial charge in [-0.25, -0.2) is 4.68 Å². The Kier molecular flexibility index (Phi) is 1.98. The highest BCUT2D eigenvalue weighted by Gasteiger charge is 2.01. The summed E-state index contributed by atoms with van der Waals surface area (Å²) < 4.78 is 1.45. The number of rotatable bonds is 2. The van der Waals surface area contributed by atoms with E-state index in [1.54, 1.807) is 0 Å². The number of nitrogens with zero attached hydrogens (tertiary/aromatic N) is 2. The van der Waals surface area contributed by atoms with Crippen molar-refractivity contribution in [3.63, 3.8) is 0 Å². The van der Waals surface area contributed by atoms with Crippen LogP contribution in [0.25, 0.3) is 0 Å². The third-order valence-corrected chi connectivity index (χ3v) is 1.74. The van der Waals surface area contributed by atoms with Gasteiger partial charge in [0.1, 0.15) is 0 Å². The number of benzene rings is 1. The standard InChI is InChI=1S/C9H10N4O/c10-9-11-8(14)6-13(9)12-7-4-2-1-3-5-7/h1-6,12,14H,(H2,10,11). The van der Waals surface area contributed by atoms with Gasteiger partial charge in [-0.15, -0.1) is 0 Å². The van der Waals surface area contributed by atoms with E-state index in [-0.39, 0.29) is 11.8 Å². The molecular formula is C9H10N4O. The Morgan fingerprint density at radius 2 is 2.00 bits per heavy atom. The fourth-order valence-corrected chi connectivity index (χ4v) is 1.12. The van der Waals surface area contributed by atoms with E-state index in [2.05, 4.69) is 10.4 Å². The third kappa shape index (κ3) is 1.61. The summed E-state index contributed by atoms with van der Waals surface area (Å²) in [5, 5.41) is 9.06. The van der Waals surface area contributed by atoms with Crippen molar-refractivity contribution in [3.8, 4) is 5.88 Å². The first-order valence-corrected chi connectivity index (χ1v) is 4.11. The zero-order chi connectivity index (χ0) is 9.97. The van der Waals surface area contributed by atoms with Gasteiger partial charge in [-0.1, -0.05) is 18.2 Å². The second kappa shape index (κ2) is 3.29. The Hall–Kier alpha value is -2.17. The first-order chi connectivity index (χ1) is 6.75. The zero-order valence-corrected chi connectivity index (χ0v) is 7.38. The normalized spacial score (nSPS) is 10.0. The number of hydrogen-bond donors (Lipinski definition) is 3. The van der Waals surface area contributed by atoms with Gasteiger partial charge in [-0.3, -0.25) is 5.43 Å². The van der Waals surface area contributed by atoms with E-state index >= 15 is 0 Å². The Balaban J connectivity index is 2.23. The van der Waals surface area contributed by atoms with Gasteiger partial charge in [-0.2, -0.15) is 4.98 Å². The molecule has 0 aliphatic carbocycles. The summed E-state index contributed by atoms with van der Waals surface area (Å²) in [5.74, 6) is 0.109. The van der Waals surface area contributed by atoms with Crippen LogP contribution in [0.5, 0.6) is 5.88 Å². The molecule has 0 aliphatic rings. The van der Waals surface area contributed by atoms with Crippen LogP contribution in [0.1, 0.15) is 0 Å². The molecule has 0 atom stereocenters. The maximum Gasteiger partial charge on any atom is 0.233 e. The molecule has 1 heterocycles. The summed E-state index contributed by atoms with van der Waals surface area (Å²) in [7, 11) is 0. The van der Waals surface area contributed by atoms with Crippen molar-refractivity contribution >= 4 is 11.6 Å². The molecule has 2 rings (SSSR count). The van der Waals surface area contributed by atoms with E-state index in [1.807, 2.05) is 30.3 Å². The van der Waals surface area contributed by atoms with Crippen molar-refractivity contribution in [2.24, 2.45) is 0 Å². The highest BCUT2D eigenvalue weighted by molar-refractivity contribution is 5.44. The summed E-state index contributed by atoms with van der Waals surface area (Å²) in [5.41, 5.74) is 9.35. The van der Waals surface area contributed by atoms with Crippen molar-refractivity contribution in [2.45, 2.75) is 0 Å². The molecule has 0 aliphatic heterocycles. The maximum atomic E-state index is 9.06. The quantitative estimate of drug-likeness (QED) is 0.661. The largest absolute Gasteiger partial charge is 0.492 e. The van der Waals surface area contributed by atoms with Crippen molar-refractivity contribution in [1.82, 2.24) is 9.66 Å². The van der Waals surface area contributed by atoms with Crippen molar-refractivity contribution < 1.29 is 5.11 Å². The number of para-hydroxylation sites is 1. The fourth-order valence-electron chi connectivity index (χ4n) is 1.12. The van der Waals surface area contributed by atoms with Crippen LogP contribution in [-0.4, -0.2) is 14.8 Å². The number of nitrogens with one attached hydrogen (secondary N) is 1. The summed E-state index contributed by atoms with van der Waals surface area (Å²) in [6.07, 6.45) is 1.41. The predicted molar refractivity (Wildman–Crippen MR) is 53.8 cm³/mol. The molecule has 1 aromatic carbocycles. The van der Waals surface area contributed by atoms with Crippen LogP contribution in [0.15, 0.2) is 36.5 Å². The second-order valence-corrected chi connectivity index (χ2v) is 2.81. The Labute approximate surface area is 80.8 Å². The summed E-state index contributed by atoms with van der Waals surface area (Å²) in [6, 6.07) is 9.48.